The number of rotatable bonds is 7. The highest BCUT2D eigenvalue weighted by Gasteiger charge is 2.02. The number of nitrogens with zero attached hydrogens (tertiary/aromatic N) is 2. The molecule has 0 aliphatic rings. The van der Waals surface area contributed by atoms with Gasteiger partial charge in [-0.1, -0.05) is 6.07 Å². The maximum Gasteiger partial charge on any atom is 0.191 e. The highest BCUT2D eigenvalue weighted by atomic mass is 127. The Kier molecular flexibility index (Phi) is 9.85. The third-order valence-corrected chi connectivity index (χ3v) is 3.93. The van der Waals surface area contributed by atoms with E-state index in [2.05, 4.69) is 55.4 Å². The molecule has 0 aliphatic heterocycles. The van der Waals surface area contributed by atoms with Crippen molar-refractivity contribution < 1.29 is 4.74 Å². The fourth-order valence-corrected chi connectivity index (χ4v) is 2.73. The van der Waals surface area contributed by atoms with Gasteiger partial charge in [0.15, 0.2) is 5.96 Å². The average molecular weight is 507 g/mol. The zero-order valence-electron chi connectivity index (χ0n) is 14.0. The first-order chi connectivity index (χ1) is 11.2. The van der Waals surface area contributed by atoms with Crippen molar-refractivity contribution in [3.8, 4) is 5.75 Å². The van der Waals surface area contributed by atoms with Crippen molar-refractivity contribution in [2.24, 2.45) is 4.99 Å². The molecule has 0 atom stereocenters. The molecule has 1 aromatic heterocycles. The van der Waals surface area contributed by atoms with Gasteiger partial charge in [0.05, 0.1) is 18.1 Å². The molecule has 7 heteroatoms. The predicted molar refractivity (Wildman–Crippen MR) is 113 cm³/mol. The second kappa shape index (κ2) is 11.4. The van der Waals surface area contributed by atoms with E-state index in [1.165, 1.54) is 0 Å². The molecule has 5 nitrogen and oxygen atoms in total. The minimum absolute atomic E-state index is 0. The molecule has 2 aromatic rings. The number of methoxy groups -OCH3 is 1. The lowest BCUT2D eigenvalue weighted by atomic mass is 10.2. The fourth-order valence-electron chi connectivity index (χ4n) is 2.14. The molecule has 1 heterocycles. The first-order valence-electron chi connectivity index (χ1n) is 7.68. The van der Waals surface area contributed by atoms with Crippen LogP contribution in [-0.4, -0.2) is 30.7 Å². The van der Waals surface area contributed by atoms with Crippen LogP contribution in [0.5, 0.6) is 5.75 Å². The number of nitrogens with one attached hydrogen (secondary N) is 2. The van der Waals surface area contributed by atoms with E-state index >= 15 is 0 Å². The van der Waals surface area contributed by atoms with Crippen LogP contribution < -0.4 is 15.4 Å². The monoisotopic (exact) mass is 506 g/mol. The Labute approximate surface area is 169 Å². The quantitative estimate of drug-likeness (QED) is 0.342. The number of aliphatic imine (C=N–C) groups is 1. The first-order valence-corrected chi connectivity index (χ1v) is 8.47. The molecule has 0 bridgehead atoms. The van der Waals surface area contributed by atoms with Crippen LogP contribution in [0.4, 0.5) is 0 Å². The van der Waals surface area contributed by atoms with Crippen LogP contribution in [0.2, 0.25) is 0 Å². The number of hydrogen-bond acceptors (Lipinski definition) is 2. The van der Waals surface area contributed by atoms with Crippen LogP contribution in [0.3, 0.4) is 0 Å². The highest BCUT2D eigenvalue weighted by molar-refractivity contribution is 14.0. The van der Waals surface area contributed by atoms with Gasteiger partial charge in [-0.15, -0.1) is 24.0 Å². The molecule has 0 spiro atoms. The summed E-state index contributed by atoms with van der Waals surface area (Å²) in [4.78, 5) is 4.62. The van der Waals surface area contributed by atoms with Crippen LogP contribution in [0.15, 0.2) is 52.2 Å². The molecule has 0 amide bonds. The van der Waals surface area contributed by atoms with Crippen LogP contribution in [-0.2, 0) is 13.1 Å². The Morgan fingerprint density at radius 1 is 1.25 bits per heavy atom. The number of aromatic nitrogens is 1. The largest absolute Gasteiger partial charge is 0.496 e. The van der Waals surface area contributed by atoms with Gasteiger partial charge in [0.25, 0.3) is 0 Å². The van der Waals surface area contributed by atoms with Gasteiger partial charge in [0.2, 0.25) is 0 Å². The summed E-state index contributed by atoms with van der Waals surface area (Å²) in [5.41, 5.74) is 1.13. The Hall–Kier alpha value is -1.22. The molecule has 0 radical (unpaired) electrons. The van der Waals surface area contributed by atoms with E-state index in [1.807, 2.05) is 30.3 Å². The van der Waals surface area contributed by atoms with E-state index in [1.54, 1.807) is 7.11 Å². The maximum atomic E-state index is 5.24. The number of halogens is 2. The number of hydrogen-bond donors (Lipinski definition) is 2. The van der Waals surface area contributed by atoms with E-state index in [4.69, 9.17) is 4.74 Å². The SMILES string of the molecule is CCNC(=NCc1ccc(OC)c(Br)c1)NCCn1cccc1.I. The summed E-state index contributed by atoms with van der Waals surface area (Å²) < 4.78 is 8.32. The van der Waals surface area contributed by atoms with Crippen molar-refractivity contribution in [3.63, 3.8) is 0 Å². The van der Waals surface area contributed by atoms with E-state index in [0.717, 1.165) is 41.4 Å². The fraction of sp³-hybridized carbons (Fsp3) is 0.353. The number of guanidine groups is 1. The molecule has 132 valence electrons. The van der Waals surface area contributed by atoms with Crippen LogP contribution in [0.25, 0.3) is 0 Å². The molecular formula is C17H24BrIN4O. The molecule has 0 unspecified atom stereocenters. The van der Waals surface area contributed by atoms with Gasteiger partial charge in [0.1, 0.15) is 5.75 Å². The van der Waals surface area contributed by atoms with Gasteiger partial charge in [-0.25, -0.2) is 4.99 Å². The Morgan fingerprint density at radius 3 is 2.62 bits per heavy atom. The van der Waals surface area contributed by atoms with Crippen molar-refractivity contribution in [1.82, 2.24) is 15.2 Å². The van der Waals surface area contributed by atoms with Crippen molar-refractivity contribution in [3.05, 3.63) is 52.8 Å². The summed E-state index contributed by atoms with van der Waals surface area (Å²) in [6.07, 6.45) is 4.11. The molecule has 0 saturated carbocycles. The second-order valence-electron chi connectivity index (χ2n) is 5.01. The lowest BCUT2D eigenvalue weighted by molar-refractivity contribution is 0.412. The van der Waals surface area contributed by atoms with E-state index < -0.39 is 0 Å². The van der Waals surface area contributed by atoms with Crippen molar-refractivity contribution >= 4 is 45.9 Å². The molecule has 0 fully saturated rings. The Bertz CT molecular complexity index is 632. The molecule has 24 heavy (non-hydrogen) atoms. The average Bonchev–Trinajstić information content (AvgIpc) is 3.06. The minimum atomic E-state index is 0. The van der Waals surface area contributed by atoms with Gasteiger partial charge < -0.3 is 19.9 Å². The Morgan fingerprint density at radius 2 is 2.00 bits per heavy atom. The summed E-state index contributed by atoms with van der Waals surface area (Å²) in [5, 5.41) is 6.61. The maximum absolute atomic E-state index is 5.24. The number of benzene rings is 1. The topological polar surface area (TPSA) is 50.6 Å². The molecule has 2 N–H and O–H groups in total. The van der Waals surface area contributed by atoms with E-state index in [-0.39, 0.29) is 24.0 Å². The summed E-state index contributed by atoms with van der Waals surface area (Å²) >= 11 is 3.50. The van der Waals surface area contributed by atoms with Crippen molar-refractivity contribution in [2.75, 3.05) is 20.2 Å². The third kappa shape index (κ3) is 6.72. The molecular weight excluding hydrogens is 483 g/mol. The smallest absolute Gasteiger partial charge is 0.191 e. The summed E-state index contributed by atoms with van der Waals surface area (Å²) in [5.74, 6) is 1.65. The van der Waals surface area contributed by atoms with Gasteiger partial charge in [-0.3, -0.25) is 0 Å². The molecule has 0 aliphatic carbocycles. The number of ether oxygens (including phenoxy) is 1. The third-order valence-electron chi connectivity index (χ3n) is 3.31. The molecule has 2 rings (SSSR count). The van der Waals surface area contributed by atoms with Crippen molar-refractivity contribution in [1.29, 1.82) is 0 Å². The van der Waals surface area contributed by atoms with Crippen LogP contribution >= 0.6 is 39.9 Å². The zero-order valence-corrected chi connectivity index (χ0v) is 17.9. The van der Waals surface area contributed by atoms with Gasteiger partial charge in [0, 0.05) is 32.0 Å². The second-order valence-corrected chi connectivity index (χ2v) is 5.87. The summed E-state index contributed by atoms with van der Waals surface area (Å²) in [6.45, 7) is 5.24. The standard InChI is InChI=1S/C17H23BrN4O.HI/c1-3-19-17(20-8-11-22-9-4-5-10-22)21-13-14-6-7-16(23-2)15(18)12-14;/h4-7,9-10,12H,3,8,11,13H2,1-2H3,(H2,19,20,21);1H. The van der Waals surface area contributed by atoms with Crippen LogP contribution in [0, 0.1) is 0 Å². The predicted octanol–water partition coefficient (Wildman–Crippen LogP) is 3.63. The minimum Gasteiger partial charge on any atom is -0.496 e. The van der Waals surface area contributed by atoms with Gasteiger partial charge in [-0.05, 0) is 52.7 Å². The van der Waals surface area contributed by atoms with E-state index in [0.29, 0.717) is 6.54 Å². The highest BCUT2D eigenvalue weighted by Crippen LogP contribution is 2.25. The van der Waals surface area contributed by atoms with Gasteiger partial charge in [-0.2, -0.15) is 0 Å². The van der Waals surface area contributed by atoms with Gasteiger partial charge >= 0.3 is 0 Å². The van der Waals surface area contributed by atoms with Crippen molar-refractivity contribution in [2.45, 2.75) is 20.0 Å². The molecule has 1 aromatic carbocycles. The lowest BCUT2D eigenvalue weighted by Crippen LogP contribution is -2.38. The zero-order chi connectivity index (χ0) is 16.5. The van der Waals surface area contributed by atoms with Crippen LogP contribution in [0.1, 0.15) is 12.5 Å². The summed E-state index contributed by atoms with van der Waals surface area (Å²) in [6, 6.07) is 10.1. The first kappa shape index (κ1) is 20.8. The van der Waals surface area contributed by atoms with E-state index in [9.17, 15) is 0 Å². The normalized spacial score (nSPS) is 10.9. The lowest BCUT2D eigenvalue weighted by Gasteiger charge is -2.12. The Balaban J connectivity index is 0.00000288. The molecule has 0 saturated heterocycles. The summed E-state index contributed by atoms with van der Waals surface area (Å²) in [7, 11) is 1.66.